The summed E-state index contributed by atoms with van der Waals surface area (Å²) < 4.78 is 11.2. The Morgan fingerprint density at radius 2 is 2.12 bits per heavy atom. The highest BCUT2D eigenvalue weighted by Crippen LogP contribution is 2.09. The molecule has 16 heavy (non-hydrogen) atoms. The Hall–Kier alpha value is -1.00. The average Bonchev–Trinajstić information content (AvgIpc) is 2.32. The van der Waals surface area contributed by atoms with Crippen LogP contribution in [0.15, 0.2) is 24.3 Å². The highest BCUT2D eigenvalue weighted by atomic mass is 32.2. The topological polar surface area (TPSA) is 44.2 Å². The van der Waals surface area contributed by atoms with Crippen LogP contribution in [-0.2, 0) is 17.3 Å². The minimum Gasteiger partial charge on any atom is -0.308 e. The molecule has 1 saturated heterocycles. The second-order valence-electron chi connectivity index (χ2n) is 4.01. The van der Waals surface area contributed by atoms with Gasteiger partial charge in [0.05, 0.1) is 0 Å². The average molecular weight is 236 g/mol. The van der Waals surface area contributed by atoms with Crippen LogP contribution in [-0.4, -0.2) is 39.9 Å². The van der Waals surface area contributed by atoms with Crippen molar-refractivity contribution in [3.63, 3.8) is 0 Å². The van der Waals surface area contributed by atoms with Gasteiger partial charge in [-0.3, -0.25) is 9.11 Å². The van der Waals surface area contributed by atoms with Crippen LogP contribution in [0.5, 0.6) is 0 Å². The summed E-state index contributed by atoms with van der Waals surface area (Å²) >= 11 is 0. The lowest BCUT2D eigenvalue weighted by Gasteiger charge is -2.26. The summed E-state index contributed by atoms with van der Waals surface area (Å²) in [5.41, 5.74) is 2.17. The molecule has 1 N–H and O–H groups in total. The summed E-state index contributed by atoms with van der Waals surface area (Å²) in [7, 11) is -0.603. The van der Waals surface area contributed by atoms with E-state index >= 15 is 0 Å². The van der Waals surface area contributed by atoms with Crippen molar-refractivity contribution in [3.05, 3.63) is 35.4 Å². The zero-order chi connectivity index (χ0) is 11.4. The van der Waals surface area contributed by atoms with Crippen LogP contribution in [0.4, 0.5) is 0 Å². The van der Waals surface area contributed by atoms with Gasteiger partial charge in [-0.25, -0.2) is 0 Å². The van der Waals surface area contributed by atoms with Crippen molar-refractivity contribution < 1.29 is 4.21 Å². The lowest BCUT2D eigenvalue weighted by atomic mass is 10.1. The maximum absolute atomic E-state index is 11.2. The van der Waals surface area contributed by atoms with E-state index in [1.807, 2.05) is 18.2 Å². The number of hydrogen-bond acceptors (Lipinski definition) is 3. The van der Waals surface area contributed by atoms with Crippen molar-refractivity contribution in [2.45, 2.75) is 6.54 Å². The molecule has 0 bridgehead atoms. The zero-order valence-corrected chi connectivity index (χ0v) is 10.0. The molecule has 0 amide bonds. The first-order valence-corrected chi connectivity index (χ1v) is 6.93. The van der Waals surface area contributed by atoms with Gasteiger partial charge < -0.3 is 5.41 Å². The van der Waals surface area contributed by atoms with E-state index in [4.69, 9.17) is 5.41 Å². The lowest BCUT2D eigenvalue weighted by molar-refractivity contribution is 0.291. The third-order valence-corrected chi connectivity index (χ3v) is 4.07. The fourth-order valence-corrected chi connectivity index (χ4v) is 3.00. The predicted octanol–water partition coefficient (Wildman–Crippen LogP) is 1.25. The molecule has 1 fully saturated rings. The van der Waals surface area contributed by atoms with Crippen LogP contribution in [0.2, 0.25) is 0 Å². The van der Waals surface area contributed by atoms with Crippen LogP contribution >= 0.6 is 0 Å². The standard InChI is InChI=1S/C12H16N2OS/c13-9-11-2-1-3-12(8-11)10-14-4-6-16(15)7-5-14/h1-3,8-9,13H,4-7,10H2. The number of benzene rings is 1. The van der Waals surface area contributed by atoms with Crippen molar-refractivity contribution in [2.75, 3.05) is 24.6 Å². The van der Waals surface area contributed by atoms with E-state index in [1.165, 1.54) is 11.8 Å². The minimum atomic E-state index is -0.603. The molecule has 1 heterocycles. The molecule has 1 aliphatic rings. The summed E-state index contributed by atoms with van der Waals surface area (Å²) in [5, 5.41) is 7.21. The molecular formula is C12H16N2OS. The predicted molar refractivity (Wildman–Crippen MR) is 67.5 cm³/mol. The molecule has 1 aromatic rings. The number of hydrogen-bond donors (Lipinski definition) is 1. The molecule has 1 aliphatic heterocycles. The van der Waals surface area contributed by atoms with Crippen molar-refractivity contribution >= 4 is 17.0 Å². The zero-order valence-electron chi connectivity index (χ0n) is 9.19. The van der Waals surface area contributed by atoms with Gasteiger partial charge in [0.15, 0.2) is 0 Å². The van der Waals surface area contributed by atoms with Crippen molar-refractivity contribution in [2.24, 2.45) is 0 Å². The van der Waals surface area contributed by atoms with Crippen molar-refractivity contribution in [1.82, 2.24) is 4.90 Å². The summed E-state index contributed by atoms with van der Waals surface area (Å²) in [4.78, 5) is 2.32. The molecule has 0 atom stereocenters. The summed E-state index contributed by atoms with van der Waals surface area (Å²) in [6.45, 7) is 2.74. The molecule has 86 valence electrons. The van der Waals surface area contributed by atoms with E-state index in [2.05, 4.69) is 11.0 Å². The summed E-state index contributed by atoms with van der Waals surface area (Å²) in [6.07, 6.45) is 1.37. The van der Waals surface area contributed by atoms with Gasteiger partial charge in [-0.15, -0.1) is 0 Å². The van der Waals surface area contributed by atoms with E-state index in [-0.39, 0.29) is 0 Å². The Balaban J connectivity index is 1.98. The summed E-state index contributed by atoms with van der Waals surface area (Å²) in [6, 6.07) is 8.04. The molecule has 0 saturated carbocycles. The summed E-state index contributed by atoms with van der Waals surface area (Å²) in [5.74, 6) is 1.59. The molecule has 4 heteroatoms. The third kappa shape index (κ3) is 3.00. The lowest BCUT2D eigenvalue weighted by Crippen LogP contribution is -2.37. The largest absolute Gasteiger partial charge is 0.308 e. The Kier molecular flexibility index (Phi) is 3.85. The molecule has 3 nitrogen and oxygen atoms in total. The maximum Gasteiger partial charge on any atom is 0.0363 e. The van der Waals surface area contributed by atoms with Gasteiger partial charge in [-0.1, -0.05) is 18.2 Å². The van der Waals surface area contributed by atoms with Gasteiger partial charge in [-0.2, -0.15) is 0 Å². The molecular weight excluding hydrogens is 220 g/mol. The minimum absolute atomic E-state index is 0.603. The quantitative estimate of drug-likeness (QED) is 0.803. The highest BCUT2D eigenvalue weighted by molar-refractivity contribution is 7.85. The number of nitrogens with zero attached hydrogens (tertiary/aromatic N) is 1. The van der Waals surface area contributed by atoms with Crippen LogP contribution < -0.4 is 0 Å². The molecule has 0 aliphatic carbocycles. The second-order valence-corrected chi connectivity index (χ2v) is 5.71. The fraction of sp³-hybridized carbons (Fsp3) is 0.417. The van der Waals surface area contributed by atoms with E-state index in [0.717, 1.165) is 36.7 Å². The van der Waals surface area contributed by atoms with Gasteiger partial charge in [0.1, 0.15) is 0 Å². The molecule has 0 radical (unpaired) electrons. The van der Waals surface area contributed by atoms with E-state index in [0.29, 0.717) is 0 Å². The van der Waals surface area contributed by atoms with Crippen LogP contribution in [0.1, 0.15) is 11.1 Å². The van der Waals surface area contributed by atoms with Gasteiger partial charge in [-0.05, 0) is 17.2 Å². The number of nitrogens with one attached hydrogen (secondary N) is 1. The SMILES string of the molecule is N=Cc1cccc(CN2CCS(=O)CC2)c1. The van der Waals surface area contributed by atoms with Crippen molar-refractivity contribution in [1.29, 1.82) is 5.41 Å². The first-order chi connectivity index (χ1) is 7.78. The van der Waals surface area contributed by atoms with Crippen molar-refractivity contribution in [3.8, 4) is 0 Å². The monoisotopic (exact) mass is 236 g/mol. The molecule has 1 aromatic carbocycles. The van der Waals surface area contributed by atoms with Gasteiger partial charge in [0.25, 0.3) is 0 Å². The van der Waals surface area contributed by atoms with E-state index in [9.17, 15) is 4.21 Å². The Morgan fingerprint density at radius 1 is 1.38 bits per heavy atom. The Morgan fingerprint density at radius 3 is 2.81 bits per heavy atom. The van der Waals surface area contributed by atoms with Gasteiger partial charge in [0.2, 0.25) is 0 Å². The van der Waals surface area contributed by atoms with Crippen LogP contribution in [0.25, 0.3) is 0 Å². The van der Waals surface area contributed by atoms with Crippen LogP contribution in [0, 0.1) is 5.41 Å². The van der Waals surface area contributed by atoms with E-state index < -0.39 is 10.8 Å². The Labute approximate surface area is 98.4 Å². The Bertz CT molecular complexity index is 396. The normalized spacial score (nSPS) is 18.5. The first-order valence-electron chi connectivity index (χ1n) is 5.44. The molecule has 0 aromatic heterocycles. The number of rotatable bonds is 3. The van der Waals surface area contributed by atoms with Crippen LogP contribution in [0.3, 0.4) is 0 Å². The van der Waals surface area contributed by atoms with Gasteiger partial charge >= 0.3 is 0 Å². The first kappa shape index (κ1) is 11.5. The smallest absolute Gasteiger partial charge is 0.0363 e. The fourth-order valence-electron chi connectivity index (χ4n) is 1.87. The highest BCUT2D eigenvalue weighted by Gasteiger charge is 2.14. The molecule has 0 unspecified atom stereocenters. The molecule has 0 spiro atoms. The third-order valence-electron chi connectivity index (χ3n) is 2.79. The maximum atomic E-state index is 11.2. The molecule has 2 rings (SSSR count). The van der Waals surface area contributed by atoms with E-state index in [1.54, 1.807) is 0 Å². The van der Waals surface area contributed by atoms with Gasteiger partial charge in [0, 0.05) is 48.2 Å². The second kappa shape index (κ2) is 5.37.